The summed E-state index contributed by atoms with van der Waals surface area (Å²) in [7, 11) is 0. The average Bonchev–Trinajstić information content (AvgIpc) is 2.99. The summed E-state index contributed by atoms with van der Waals surface area (Å²) in [6, 6.07) is 4.17. The van der Waals surface area contributed by atoms with Crippen molar-refractivity contribution in [2.45, 2.75) is 59.5 Å². The van der Waals surface area contributed by atoms with E-state index >= 15 is 0 Å². The standard InChI is InChI=1S/C19H30O5/c1-4-7-9-21-10-11-22-19-23-17-13-15(8-5-2)12-16(14-20-6-3)18(17)24-19/h12-13,19H,4-11,14H2,1-3H3. The minimum absolute atomic E-state index is 0.449. The van der Waals surface area contributed by atoms with Crippen LogP contribution >= 0.6 is 0 Å². The van der Waals surface area contributed by atoms with Gasteiger partial charge in [-0.15, -0.1) is 0 Å². The van der Waals surface area contributed by atoms with Crippen LogP contribution in [-0.2, 0) is 27.2 Å². The third kappa shape index (κ3) is 5.65. The molecular weight excluding hydrogens is 308 g/mol. The molecular formula is C19H30O5. The Bertz CT molecular complexity index is 489. The molecule has 0 spiro atoms. The summed E-state index contributed by atoms with van der Waals surface area (Å²) in [6.07, 6.45) is 4.30. The molecule has 2 rings (SSSR count). The van der Waals surface area contributed by atoms with Crippen molar-refractivity contribution in [3.63, 3.8) is 0 Å². The van der Waals surface area contributed by atoms with Gasteiger partial charge in [0.25, 0.3) is 0 Å². The Hall–Kier alpha value is -1.30. The highest BCUT2D eigenvalue weighted by molar-refractivity contribution is 5.51. The Morgan fingerprint density at radius 1 is 0.958 bits per heavy atom. The molecule has 1 aliphatic heterocycles. The van der Waals surface area contributed by atoms with E-state index in [0.717, 1.165) is 49.4 Å². The van der Waals surface area contributed by atoms with E-state index in [0.29, 0.717) is 26.4 Å². The normalized spacial score (nSPS) is 15.9. The number of benzene rings is 1. The van der Waals surface area contributed by atoms with Crippen LogP contribution in [0, 0.1) is 0 Å². The number of rotatable bonds is 12. The summed E-state index contributed by atoms with van der Waals surface area (Å²) in [5.74, 6) is 1.48. The SMILES string of the molecule is CCCCOCCOC1Oc2cc(CCC)cc(COCC)c2O1. The molecule has 1 aromatic rings. The topological polar surface area (TPSA) is 46.2 Å². The molecule has 5 heteroatoms. The Balaban J connectivity index is 1.89. The van der Waals surface area contributed by atoms with Crippen LogP contribution < -0.4 is 9.47 Å². The highest BCUT2D eigenvalue weighted by Crippen LogP contribution is 2.40. The summed E-state index contributed by atoms with van der Waals surface area (Å²) >= 11 is 0. The molecule has 1 aliphatic rings. The molecule has 0 radical (unpaired) electrons. The first-order chi connectivity index (χ1) is 11.8. The van der Waals surface area contributed by atoms with Crippen molar-refractivity contribution in [3.05, 3.63) is 23.3 Å². The molecule has 0 amide bonds. The average molecular weight is 338 g/mol. The van der Waals surface area contributed by atoms with E-state index in [1.807, 2.05) is 13.0 Å². The third-order valence-corrected chi connectivity index (χ3v) is 3.75. The highest BCUT2D eigenvalue weighted by Gasteiger charge is 2.28. The lowest BCUT2D eigenvalue weighted by molar-refractivity contribution is -0.183. The molecule has 1 aromatic carbocycles. The number of fused-ring (bicyclic) bond motifs is 1. The van der Waals surface area contributed by atoms with Gasteiger partial charge in [-0.1, -0.05) is 26.7 Å². The predicted molar refractivity (Wildman–Crippen MR) is 92.5 cm³/mol. The monoisotopic (exact) mass is 338 g/mol. The molecule has 0 bridgehead atoms. The van der Waals surface area contributed by atoms with Crippen LogP contribution in [0.15, 0.2) is 12.1 Å². The van der Waals surface area contributed by atoms with Crippen LogP contribution in [0.1, 0.15) is 51.2 Å². The van der Waals surface area contributed by atoms with Gasteiger partial charge in [0.15, 0.2) is 11.5 Å². The van der Waals surface area contributed by atoms with E-state index in [2.05, 4.69) is 19.9 Å². The number of unbranched alkanes of at least 4 members (excludes halogenated alkanes) is 1. The van der Waals surface area contributed by atoms with Gasteiger partial charge >= 0.3 is 6.48 Å². The summed E-state index contributed by atoms with van der Waals surface area (Å²) < 4.78 is 28.3. The van der Waals surface area contributed by atoms with Crippen LogP contribution in [0.2, 0.25) is 0 Å². The van der Waals surface area contributed by atoms with E-state index in [9.17, 15) is 0 Å². The van der Waals surface area contributed by atoms with Crippen LogP contribution in [-0.4, -0.2) is 32.9 Å². The van der Waals surface area contributed by atoms with E-state index < -0.39 is 6.48 Å². The molecule has 24 heavy (non-hydrogen) atoms. The number of hydrogen-bond donors (Lipinski definition) is 0. The largest absolute Gasteiger partial charge is 0.428 e. The second-order valence-electron chi connectivity index (χ2n) is 5.83. The van der Waals surface area contributed by atoms with Gasteiger partial charge in [-0.05, 0) is 37.5 Å². The Morgan fingerprint density at radius 3 is 2.58 bits per heavy atom. The maximum absolute atomic E-state index is 5.82. The molecule has 1 heterocycles. The zero-order chi connectivity index (χ0) is 17.2. The molecule has 1 atom stereocenters. The maximum Gasteiger partial charge on any atom is 0.361 e. The van der Waals surface area contributed by atoms with Crippen molar-refractivity contribution in [2.24, 2.45) is 0 Å². The fraction of sp³-hybridized carbons (Fsp3) is 0.684. The summed E-state index contributed by atoms with van der Waals surface area (Å²) in [5.41, 5.74) is 2.25. The zero-order valence-electron chi connectivity index (χ0n) is 15.1. The first-order valence-corrected chi connectivity index (χ1v) is 9.04. The van der Waals surface area contributed by atoms with Gasteiger partial charge in [0.05, 0.1) is 19.8 Å². The summed E-state index contributed by atoms with van der Waals surface area (Å²) in [6.45, 7) is 8.55. The fourth-order valence-corrected chi connectivity index (χ4v) is 2.54. The lowest BCUT2D eigenvalue weighted by Gasteiger charge is -2.11. The maximum atomic E-state index is 5.82. The Kier molecular flexibility index (Phi) is 8.36. The molecule has 136 valence electrons. The third-order valence-electron chi connectivity index (χ3n) is 3.75. The quantitative estimate of drug-likeness (QED) is 0.538. The van der Waals surface area contributed by atoms with Crippen molar-refractivity contribution >= 4 is 0 Å². The lowest BCUT2D eigenvalue weighted by atomic mass is 10.1. The van der Waals surface area contributed by atoms with Crippen molar-refractivity contribution in [2.75, 3.05) is 26.4 Å². The molecule has 0 aromatic heterocycles. The van der Waals surface area contributed by atoms with Crippen LogP contribution in [0.25, 0.3) is 0 Å². The molecule has 0 saturated carbocycles. The fourth-order valence-electron chi connectivity index (χ4n) is 2.54. The van der Waals surface area contributed by atoms with Crippen LogP contribution in [0.5, 0.6) is 11.5 Å². The van der Waals surface area contributed by atoms with Crippen LogP contribution in [0.3, 0.4) is 0 Å². The molecule has 0 saturated heterocycles. The summed E-state index contributed by atoms with van der Waals surface area (Å²) in [5, 5.41) is 0. The predicted octanol–water partition coefficient (Wildman–Crippen LogP) is 4.06. The second-order valence-corrected chi connectivity index (χ2v) is 5.83. The minimum Gasteiger partial charge on any atom is -0.428 e. The van der Waals surface area contributed by atoms with Gasteiger partial charge in [0.2, 0.25) is 0 Å². The van der Waals surface area contributed by atoms with Crippen LogP contribution in [0.4, 0.5) is 0 Å². The van der Waals surface area contributed by atoms with E-state index in [1.54, 1.807) is 0 Å². The van der Waals surface area contributed by atoms with Gasteiger partial charge < -0.3 is 23.7 Å². The Labute approximate surface area is 145 Å². The van der Waals surface area contributed by atoms with Crippen molar-refractivity contribution in [1.82, 2.24) is 0 Å². The van der Waals surface area contributed by atoms with E-state index in [1.165, 1.54) is 5.56 Å². The van der Waals surface area contributed by atoms with Gasteiger partial charge in [0.1, 0.15) is 0 Å². The Morgan fingerprint density at radius 2 is 1.83 bits per heavy atom. The van der Waals surface area contributed by atoms with Gasteiger partial charge in [-0.3, -0.25) is 0 Å². The van der Waals surface area contributed by atoms with Crippen molar-refractivity contribution in [1.29, 1.82) is 0 Å². The molecule has 0 fully saturated rings. The van der Waals surface area contributed by atoms with Gasteiger partial charge in [-0.25, -0.2) is 0 Å². The van der Waals surface area contributed by atoms with E-state index in [-0.39, 0.29) is 0 Å². The second kappa shape index (κ2) is 10.5. The van der Waals surface area contributed by atoms with Crippen molar-refractivity contribution in [3.8, 4) is 11.5 Å². The molecule has 5 nitrogen and oxygen atoms in total. The number of aryl methyl sites for hydroxylation is 1. The smallest absolute Gasteiger partial charge is 0.361 e. The van der Waals surface area contributed by atoms with E-state index in [4.69, 9.17) is 23.7 Å². The highest BCUT2D eigenvalue weighted by atomic mass is 16.9. The number of ether oxygens (including phenoxy) is 5. The lowest BCUT2D eigenvalue weighted by Crippen LogP contribution is -2.24. The first-order valence-electron chi connectivity index (χ1n) is 9.04. The minimum atomic E-state index is -0.702. The zero-order valence-corrected chi connectivity index (χ0v) is 15.1. The van der Waals surface area contributed by atoms with Gasteiger partial charge in [0, 0.05) is 18.8 Å². The summed E-state index contributed by atoms with van der Waals surface area (Å²) in [4.78, 5) is 0. The van der Waals surface area contributed by atoms with Crippen molar-refractivity contribution < 1.29 is 23.7 Å². The molecule has 1 unspecified atom stereocenters. The molecule has 0 aliphatic carbocycles. The molecule has 0 N–H and O–H groups in total. The number of hydrogen-bond acceptors (Lipinski definition) is 5. The first kappa shape index (κ1) is 19.0. The van der Waals surface area contributed by atoms with Gasteiger partial charge in [-0.2, -0.15) is 0 Å².